The molecule has 72 heavy (non-hydrogen) atoms. The first-order valence-corrected chi connectivity index (χ1v) is 25.1. The molecule has 10 aromatic carbocycles. The van der Waals surface area contributed by atoms with Gasteiger partial charge in [0.05, 0.1) is 28.0 Å². The second kappa shape index (κ2) is 15.2. The number of fused-ring (bicyclic) bond motifs is 16. The van der Waals surface area contributed by atoms with Crippen LogP contribution in [-0.2, 0) is 10.8 Å². The number of benzene rings is 10. The predicted molar refractivity (Wildman–Crippen MR) is 298 cm³/mol. The maximum absolute atomic E-state index is 5.55. The third-order valence-corrected chi connectivity index (χ3v) is 16.2. The Morgan fingerprint density at radius 1 is 0.375 bits per heavy atom. The molecule has 0 radical (unpaired) electrons. The van der Waals surface area contributed by atoms with Crippen molar-refractivity contribution in [2.24, 2.45) is 0 Å². The minimum Gasteiger partial charge on any atom is -0.309 e. The van der Waals surface area contributed by atoms with Gasteiger partial charge in [-0.25, -0.2) is 4.52 Å². The molecule has 0 unspecified atom stereocenters. The summed E-state index contributed by atoms with van der Waals surface area (Å²) in [6.45, 7) is 4.76. The van der Waals surface area contributed by atoms with Gasteiger partial charge in [0.25, 0.3) is 0 Å². The van der Waals surface area contributed by atoms with Crippen LogP contribution in [0.1, 0.15) is 47.2 Å². The van der Waals surface area contributed by atoms with E-state index >= 15 is 0 Å². The topological polar surface area (TPSA) is 20.5 Å². The fourth-order valence-corrected chi connectivity index (χ4v) is 13.2. The molecule has 338 valence electrons. The van der Waals surface area contributed by atoms with E-state index in [-0.39, 0.29) is 5.41 Å². The Bertz CT molecular complexity index is 4140. The van der Waals surface area contributed by atoms with Crippen LogP contribution in [0.25, 0.3) is 83.3 Å². The summed E-state index contributed by atoms with van der Waals surface area (Å²) >= 11 is 0. The lowest BCUT2D eigenvalue weighted by Crippen LogP contribution is -2.26. The van der Waals surface area contributed by atoms with Crippen LogP contribution >= 0.6 is 0 Å². The molecule has 0 aliphatic heterocycles. The zero-order valence-corrected chi connectivity index (χ0v) is 40.0. The van der Waals surface area contributed by atoms with Crippen molar-refractivity contribution in [2.45, 2.75) is 24.7 Å². The highest BCUT2D eigenvalue weighted by atomic mass is 15.2. The molecule has 3 heteroatoms. The number of hydrogen-bond donors (Lipinski definition) is 0. The minimum absolute atomic E-state index is 0.188. The molecule has 12 aromatic rings. The molecule has 0 amide bonds. The highest BCUT2D eigenvalue weighted by Gasteiger charge is 2.52. The Morgan fingerprint density at radius 2 is 0.847 bits per heavy atom. The average molecular weight is 918 g/mol. The summed E-state index contributed by atoms with van der Waals surface area (Å²) in [5.41, 5.74) is 25.9. The molecular formula is C69H47N3. The third-order valence-electron chi connectivity index (χ3n) is 16.2. The third kappa shape index (κ3) is 5.48. The summed E-state index contributed by atoms with van der Waals surface area (Å²) < 4.78 is 2.20. The van der Waals surface area contributed by atoms with E-state index in [0.717, 1.165) is 67.0 Å². The Balaban J connectivity index is 1.06. The molecule has 2 heterocycles. The van der Waals surface area contributed by atoms with E-state index in [4.69, 9.17) is 5.10 Å². The van der Waals surface area contributed by atoms with Crippen molar-refractivity contribution < 1.29 is 0 Å². The van der Waals surface area contributed by atoms with E-state index in [0.29, 0.717) is 0 Å². The number of pyridine rings is 1. The molecular weight excluding hydrogens is 871 g/mol. The fraction of sp³-hybridized carbons (Fsp3) is 0.0580. The van der Waals surface area contributed by atoms with Crippen LogP contribution < -0.4 is 4.90 Å². The van der Waals surface area contributed by atoms with Gasteiger partial charge in [-0.15, -0.1) is 0 Å². The van der Waals surface area contributed by atoms with E-state index in [2.05, 4.69) is 272 Å². The van der Waals surface area contributed by atoms with Crippen molar-refractivity contribution in [3.63, 3.8) is 0 Å². The second-order valence-corrected chi connectivity index (χ2v) is 20.2. The van der Waals surface area contributed by atoms with Gasteiger partial charge in [-0.3, -0.25) is 0 Å². The zero-order valence-electron chi connectivity index (χ0n) is 40.0. The Morgan fingerprint density at radius 3 is 1.47 bits per heavy atom. The first kappa shape index (κ1) is 40.8. The lowest BCUT2D eigenvalue weighted by Gasteiger charge is -2.32. The molecule has 3 aliphatic rings. The molecule has 0 bridgehead atoms. The molecule has 3 nitrogen and oxygen atoms in total. The number of nitrogens with zero attached hydrogens (tertiary/aromatic N) is 3. The number of rotatable bonds is 6. The lowest BCUT2D eigenvalue weighted by molar-refractivity contribution is 0.660. The fourth-order valence-electron chi connectivity index (χ4n) is 13.2. The summed E-state index contributed by atoms with van der Waals surface area (Å²) in [5.74, 6) is 0. The van der Waals surface area contributed by atoms with Gasteiger partial charge in [0.2, 0.25) is 0 Å². The smallest absolute Gasteiger partial charge is 0.101 e. The van der Waals surface area contributed by atoms with Gasteiger partial charge in [-0.05, 0) is 96.9 Å². The lowest BCUT2D eigenvalue weighted by atomic mass is 9.70. The van der Waals surface area contributed by atoms with Gasteiger partial charge in [0, 0.05) is 44.3 Å². The first-order valence-electron chi connectivity index (χ1n) is 25.1. The van der Waals surface area contributed by atoms with Crippen LogP contribution in [0.15, 0.2) is 249 Å². The van der Waals surface area contributed by atoms with Gasteiger partial charge in [0.1, 0.15) is 5.69 Å². The van der Waals surface area contributed by atoms with Gasteiger partial charge < -0.3 is 4.90 Å². The largest absolute Gasteiger partial charge is 0.309 e. The van der Waals surface area contributed by atoms with Crippen molar-refractivity contribution in [1.82, 2.24) is 9.61 Å². The van der Waals surface area contributed by atoms with Gasteiger partial charge in [-0.2, -0.15) is 5.10 Å². The summed E-state index contributed by atoms with van der Waals surface area (Å²) in [7, 11) is 0. The van der Waals surface area contributed by atoms with Crippen molar-refractivity contribution in [2.75, 3.05) is 4.90 Å². The summed E-state index contributed by atoms with van der Waals surface area (Å²) in [6.07, 6.45) is 0. The first-order chi connectivity index (χ1) is 35.5. The summed E-state index contributed by atoms with van der Waals surface area (Å²) in [6, 6.07) is 92.2. The zero-order chi connectivity index (χ0) is 47.7. The van der Waals surface area contributed by atoms with E-state index in [1.165, 1.54) is 66.8 Å². The molecule has 2 aromatic heterocycles. The SMILES string of the molecule is CC1(C)c2ccccc2-c2c(N(c3ccc4c(c3)cc(-c3ccccc3)n3nc(-c5ccccc5)c(-c5ccccc5)c43)c3cccc4c3-c3ccccc3C43c4ccccc4-c4ccccc43)cccc21. The Kier molecular flexibility index (Phi) is 8.63. The summed E-state index contributed by atoms with van der Waals surface area (Å²) in [5, 5.41) is 7.82. The Labute approximate surface area is 419 Å². The average Bonchev–Trinajstić information content (AvgIpc) is 4.15. The molecule has 15 rings (SSSR count). The van der Waals surface area contributed by atoms with Crippen LogP contribution in [0.3, 0.4) is 0 Å². The number of hydrogen-bond acceptors (Lipinski definition) is 2. The van der Waals surface area contributed by atoms with Crippen molar-refractivity contribution in [3.8, 4) is 67.0 Å². The van der Waals surface area contributed by atoms with Crippen LogP contribution in [-0.4, -0.2) is 9.61 Å². The van der Waals surface area contributed by atoms with Crippen LogP contribution in [0.5, 0.6) is 0 Å². The maximum atomic E-state index is 5.55. The maximum Gasteiger partial charge on any atom is 0.101 e. The van der Waals surface area contributed by atoms with E-state index in [1.54, 1.807) is 0 Å². The normalized spacial score (nSPS) is 13.9. The Hall–Kier alpha value is -9.05. The second-order valence-electron chi connectivity index (χ2n) is 20.2. The summed E-state index contributed by atoms with van der Waals surface area (Å²) in [4.78, 5) is 2.59. The molecule has 0 saturated carbocycles. The van der Waals surface area contributed by atoms with E-state index in [1.807, 2.05) is 0 Å². The van der Waals surface area contributed by atoms with Crippen LogP contribution in [0.2, 0.25) is 0 Å². The minimum atomic E-state index is -0.486. The van der Waals surface area contributed by atoms with E-state index in [9.17, 15) is 0 Å². The molecule has 0 atom stereocenters. The molecule has 0 saturated heterocycles. The van der Waals surface area contributed by atoms with Crippen molar-refractivity contribution in [3.05, 3.63) is 282 Å². The monoisotopic (exact) mass is 917 g/mol. The number of anilines is 3. The van der Waals surface area contributed by atoms with Gasteiger partial charge >= 0.3 is 0 Å². The highest BCUT2D eigenvalue weighted by molar-refractivity contribution is 6.11. The molecule has 0 N–H and O–H groups in total. The quantitative estimate of drug-likeness (QED) is 0.166. The highest BCUT2D eigenvalue weighted by Crippen LogP contribution is 2.65. The van der Waals surface area contributed by atoms with E-state index < -0.39 is 5.41 Å². The molecule has 1 spiro atoms. The van der Waals surface area contributed by atoms with Gasteiger partial charge in [0.15, 0.2) is 0 Å². The van der Waals surface area contributed by atoms with Crippen molar-refractivity contribution in [1.29, 1.82) is 0 Å². The number of aromatic nitrogens is 2. The van der Waals surface area contributed by atoms with Gasteiger partial charge in [-0.1, -0.05) is 232 Å². The molecule has 3 aliphatic carbocycles. The predicted octanol–water partition coefficient (Wildman–Crippen LogP) is 17.6. The standard InChI is InChI=1S/C69H47N3/c1-68(2)54-32-16-14-30-52(54)64-58(68)36-20-38-60(64)71(61-39-21-37-59-65(61)53-31-15-19-35-57(53)69(59)55-33-17-12-28-50(55)51-29-13-18-34-56(51)69)48-40-41-49-47(42-48)43-62(44-22-6-3-7-23-44)72-67(49)63(45-24-8-4-9-25-45)66(70-72)46-26-10-5-11-27-46/h3-43H,1-2H3. The van der Waals surface area contributed by atoms with Crippen LogP contribution in [0, 0.1) is 0 Å². The van der Waals surface area contributed by atoms with Crippen LogP contribution in [0.4, 0.5) is 17.1 Å². The molecule has 0 fully saturated rings. The van der Waals surface area contributed by atoms with Crippen molar-refractivity contribution >= 4 is 33.4 Å².